The summed E-state index contributed by atoms with van der Waals surface area (Å²) < 4.78 is 0. The van der Waals surface area contributed by atoms with E-state index in [1.54, 1.807) is 33.2 Å². The number of pyridine rings is 1. The molecule has 0 saturated carbocycles. The summed E-state index contributed by atoms with van der Waals surface area (Å²) in [5.74, 6) is 1.99. The Hall–Kier alpha value is -2.38. The van der Waals surface area contributed by atoms with Crippen LogP contribution in [0.1, 0.15) is 37.7 Å². The molecule has 1 aromatic heterocycles. The van der Waals surface area contributed by atoms with Gasteiger partial charge in [-0.2, -0.15) is 11.8 Å². The third-order valence-electron chi connectivity index (χ3n) is 5.00. The van der Waals surface area contributed by atoms with Crippen LogP contribution in [0.15, 0.2) is 30.3 Å². The number of carbonyl (C=O) groups excluding carboxylic acids is 2. The lowest BCUT2D eigenvalue weighted by atomic mass is 10.1. The van der Waals surface area contributed by atoms with E-state index in [9.17, 15) is 9.59 Å². The minimum absolute atomic E-state index is 0.182. The minimum Gasteiger partial charge on any atom is -0.343 e. The van der Waals surface area contributed by atoms with Gasteiger partial charge in [-0.3, -0.25) is 14.5 Å². The molecule has 1 N–H and O–H groups in total. The molecule has 2 heterocycles. The molecule has 0 atom stereocenters. The first kappa shape index (κ1) is 21.3. The van der Waals surface area contributed by atoms with Crippen LogP contribution in [0.25, 0.3) is 0 Å². The number of rotatable bonds is 5. The van der Waals surface area contributed by atoms with Crippen LogP contribution in [0.3, 0.4) is 0 Å². The topological polar surface area (TPSA) is 65.5 Å². The zero-order valence-corrected chi connectivity index (χ0v) is 18.3. The Morgan fingerprint density at radius 2 is 1.86 bits per heavy atom. The van der Waals surface area contributed by atoms with Gasteiger partial charge in [-0.15, -0.1) is 0 Å². The number of thioether (sulfide) groups is 1. The van der Waals surface area contributed by atoms with Gasteiger partial charge in [0.15, 0.2) is 0 Å². The number of hydrogen-bond donors (Lipinski definition) is 1. The first-order valence-corrected chi connectivity index (χ1v) is 10.9. The number of anilines is 1. The molecular weight excluding hydrogens is 384 g/mol. The summed E-state index contributed by atoms with van der Waals surface area (Å²) in [6.07, 6.45) is 0. The van der Waals surface area contributed by atoms with E-state index in [0.717, 1.165) is 30.9 Å². The van der Waals surface area contributed by atoms with Gasteiger partial charge in [0.25, 0.3) is 11.8 Å². The van der Waals surface area contributed by atoms with Crippen molar-refractivity contribution in [2.24, 2.45) is 0 Å². The average molecular weight is 413 g/mol. The number of benzene rings is 1. The summed E-state index contributed by atoms with van der Waals surface area (Å²) in [5, 5.41) is 2.98. The molecule has 6 nitrogen and oxygen atoms in total. The highest BCUT2D eigenvalue weighted by molar-refractivity contribution is 7.99. The Morgan fingerprint density at radius 1 is 1.14 bits per heavy atom. The maximum absolute atomic E-state index is 12.7. The van der Waals surface area contributed by atoms with Crippen molar-refractivity contribution in [3.8, 4) is 0 Å². The summed E-state index contributed by atoms with van der Waals surface area (Å²) in [4.78, 5) is 33.0. The standard InChI is InChI=1S/C22H28N4O2S/c1-15-13-17(14-26-9-11-29-12-10-26)5-7-19(15)24-21(27)18-6-8-20(23-16(18)2)22(28)25(3)4/h5-8,13H,9-12,14H2,1-4H3,(H,24,27). The first-order valence-electron chi connectivity index (χ1n) is 9.75. The van der Waals surface area contributed by atoms with E-state index < -0.39 is 0 Å². The number of aromatic nitrogens is 1. The largest absolute Gasteiger partial charge is 0.343 e. The molecule has 0 bridgehead atoms. The molecule has 7 heteroatoms. The van der Waals surface area contributed by atoms with Gasteiger partial charge in [-0.1, -0.05) is 12.1 Å². The monoisotopic (exact) mass is 412 g/mol. The van der Waals surface area contributed by atoms with Crippen LogP contribution in [0, 0.1) is 13.8 Å². The van der Waals surface area contributed by atoms with Crippen molar-refractivity contribution < 1.29 is 9.59 Å². The molecule has 0 spiro atoms. The summed E-state index contributed by atoms with van der Waals surface area (Å²) >= 11 is 2.01. The zero-order valence-electron chi connectivity index (χ0n) is 17.5. The third-order valence-corrected chi connectivity index (χ3v) is 5.95. The fourth-order valence-corrected chi connectivity index (χ4v) is 4.30. The second-order valence-electron chi connectivity index (χ2n) is 7.52. The second-order valence-corrected chi connectivity index (χ2v) is 8.75. The molecule has 0 aliphatic carbocycles. The number of nitrogens with one attached hydrogen (secondary N) is 1. The molecule has 2 aromatic rings. The van der Waals surface area contributed by atoms with Gasteiger partial charge in [0.2, 0.25) is 0 Å². The Bertz CT molecular complexity index is 908. The van der Waals surface area contributed by atoms with E-state index in [4.69, 9.17) is 0 Å². The number of carbonyl (C=O) groups is 2. The number of hydrogen-bond acceptors (Lipinski definition) is 5. The van der Waals surface area contributed by atoms with Crippen molar-refractivity contribution in [1.82, 2.24) is 14.8 Å². The van der Waals surface area contributed by atoms with E-state index in [2.05, 4.69) is 27.3 Å². The fourth-order valence-electron chi connectivity index (χ4n) is 3.32. The number of aryl methyl sites for hydroxylation is 2. The lowest BCUT2D eigenvalue weighted by Gasteiger charge is -2.26. The summed E-state index contributed by atoms with van der Waals surface area (Å²) in [6, 6.07) is 9.44. The van der Waals surface area contributed by atoms with Crippen LogP contribution in [-0.2, 0) is 6.54 Å². The predicted octanol–water partition coefficient (Wildman–Crippen LogP) is 3.20. The van der Waals surface area contributed by atoms with Crippen molar-refractivity contribution >= 4 is 29.3 Å². The van der Waals surface area contributed by atoms with E-state index in [1.165, 1.54) is 22.0 Å². The van der Waals surface area contributed by atoms with Crippen molar-refractivity contribution in [3.05, 3.63) is 58.4 Å². The maximum atomic E-state index is 12.7. The van der Waals surface area contributed by atoms with Crippen LogP contribution < -0.4 is 5.32 Å². The van der Waals surface area contributed by atoms with Crippen LogP contribution in [0.5, 0.6) is 0 Å². The maximum Gasteiger partial charge on any atom is 0.271 e. The molecule has 154 valence electrons. The average Bonchev–Trinajstić information content (AvgIpc) is 2.70. The number of nitrogens with zero attached hydrogens (tertiary/aromatic N) is 3. The van der Waals surface area contributed by atoms with E-state index >= 15 is 0 Å². The Kier molecular flexibility index (Phi) is 6.92. The highest BCUT2D eigenvalue weighted by Gasteiger charge is 2.16. The van der Waals surface area contributed by atoms with Crippen LogP contribution >= 0.6 is 11.8 Å². The SMILES string of the molecule is Cc1cc(CN2CCSCC2)ccc1NC(=O)c1ccc(C(=O)N(C)C)nc1C. The van der Waals surface area contributed by atoms with Crippen molar-refractivity contribution in [3.63, 3.8) is 0 Å². The molecule has 3 rings (SSSR count). The molecule has 1 saturated heterocycles. The van der Waals surface area contributed by atoms with Gasteiger partial charge in [0, 0.05) is 50.9 Å². The van der Waals surface area contributed by atoms with Gasteiger partial charge >= 0.3 is 0 Å². The summed E-state index contributed by atoms with van der Waals surface area (Å²) in [5.41, 5.74) is 4.42. The van der Waals surface area contributed by atoms with Crippen LogP contribution in [0.4, 0.5) is 5.69 Å². The molecule has 0 unspecified atom stereocenters. The van der Waals surface area contributed by atoms with Gasteiger partial charge < -0.3 is 10.2 Å². The first-order chi connectivity index (χ1) is 13.8. The van der Waals surface area contributed by atoms with Gasteiger partial charge in [-0.05, 0) is 43.2 Å². The molecule has 29 heavy (non-hydrogen) atoms. The lowest BCUT2D eigenvalue weighted by molar-refractivity contribution is 0.0821. The highest BCUT2D eigenvalue weighted by Crippen LogP contribution is 2.20. The molecule has 1 fully saturated rings. The molecule has 1 aliphatic heterocycles. The quantitative estimate of drug-likeness (QED) is 0.817. The normalized spacial score (nSPS) is 14.5. The van der Waals surface area contributed by atoms with Crippen LogP contribution in [0.2, 0.25) is 0 Å². The Labute approximate surface area is 176 Å². The van der Waals surface area contributed by atoms with Gasteiger partial charge in [0.05, 0.1) is 11.3 Å². The highest BCUT2D eigenvalue weighted by atomic mass is 32.2. The van der Waals surface area contributed by atoms with E-state index in [1.807, 2.05) is 24.8 Å². The van der Waals surface area contributed by atoms with Crippen molar-refractivity contribution in [2.45, 2.75) is 20.4 Å². The lowest BCUT2D eigenvalue weighted by Crippen LogP contribution is -2.31. The van der Waals surface area contributed by atoms with Crippen LogP contribution in [-0.4, -0.2) is 65.3 Å². The molecular formula is C22H28N4O2S. The molecule has 0 radical (unpaired) electrons. The van der Waals surface area contributed by atoms with Gasteiger partial charge in [-0.25, -0.2) is 4.98 Å². The van der Waals surface area contributed by atoms with Gasteiger partial charge in [0.1, 0.15) is 5.69 Å². The zero-order chi connectivity index (χ0) is 21.0. The fraction of sp³-hybridized carbons (Fsp3) is 0.409. The molecule has 1 aromatic carbocycles. The second kappa shape index (κ2) is 9.41. The van der Waals surface area contributed by atoms with Crippen molar-refractivity contribution in [1.29, 1.82) is 0 Å². The minimum atomic E-state index is -0.220. The number of amides is 2. The van der Waals surface area contributed by atoms with E-state index in [0.29, 0.717) is 17.0 Å². The molecule has 1 aliphatic rings. The smallest absolute Gasteiger partial charge is 0.271 e. The Morgan fingerprint density at radius 3 is 2.48 bits per heavy atom. The summed E-state index contributed by atoms with van der Waals surface area (Å²) in [6.45, 7) is 6.95. The Balaban J connectivity index is 1.69. The van der Waals surface area contributed by atoms with E-state index in [-0.39, 0.29) is 11.8 Å². The predicted molar refractivity (Wildman–Crippen MR) is 119 cm³/mol. The summed E-state index contributed by atoms with van der Waals surface area (Å²) in [7, 11) is 3.35. The molecule has 2 amide bonds. The van der Waals surface area contributed by atoms with Crippen molar-refractivity contribution in [2.75, 3.05) is 44.0 Å². The third kappa shape index (κ3) is 5.36.